The lowest BCUT2D eigenvalue weighted by atomic mass is 10.1. The quantitative estimate of drug-likeness (QED) is 0.565. The molecule has 0 aliphatic carbocycles. The van der Waals surface area contributed by atoms with Gasteiger partial charge in [-0.3, -0.25) is 15.2 Å². The van der Waals surface area contributed by atoms with Crippen LogP contribution in [0.5, 0.6) is 0 Å². The molecule has 7 heteroatoms. The van der Waals surface area contributed by atoms with Gasteiger partial charge in [0.2, 0.25) is 0 Å². The molecule has 1 amide bonds. The van der Waals surface area contributed by atoms with Crippen LogP contribution < -0.4 is 5.32 Å². The molecule has 2 aromatic rings. The molecule has 1 aromatic heterocycles. The number of amides is 1. The molecule has 1 heterocycles. The zero-order valence-electron chi connectivity index (χ0n) is 19.2. The standard InChI is InChI=1S/C23H35N3O3Si/c1-23(2,3)30(6,7)29-17-21(26(4)5)20-15-19(13-14-24-20)25-22(27)28-16-18-11-9-8-10-12-18/h8-15,21H,16-17H2,1-7H3,(H,24,25,27)/t21-/m0/s1. The highest BCUT2D eigenvalue weighted by Crippen LogP contribution is 2.37. The molecule has 1 N–H and O–H groups in total. The van der Waals surface area contributed by atoms with Crippen molar-refractivity contribution in [2.75, 3.05) is 26.0 Å². The fraction of sp³-hybridized carbons (Fsp3) is 0.478. The summed E-state index contributed by atoms with van der Waals surface area (Å²) in [5.74, 6) is 0. The number of benzene rings is 1. The summed E-state index contributed by atoms with van der Waals surface area (Å²) < 4.78 is 11.7. The number of nitrogens with zero attached hydrogens (tertiary/aromatic N) is 2. The topological polar surface area (TPSA) is 63.7 Å². The van der Waals surface area contributed by atoms with E-state index in [4.69, 9.17) is 9.16 Å². The number of anilines is 1. The van der Waals surface area contributed by atoms with Gasteiger partial charge in [0.05, 0.1) is 18.3 Å². The van der Waals surface area contributed by atoms with Gasteiger partial charge in [-0.25, -0.2) is 4.79 Å². The first kappa shape index (κ1) is 24.1. The number of carbonyl (C=O) groups excluding carboxylic acids is 1. The Hall–Kier alpha value is -2.22. The van der Waals surface area contributed by atoms with E-state index in [9.17, 15) is 4.79 Å². The number of aromatic nitrogens is 1. The Bertz CT molecular complexity index is 820. The number of hydrogen-bond acceptors (Lipinski definition) is 5. The number of hydrogen-bond donors (Lipinski definition) is 1. The molecule has 0 bridgehead atoms. The van der Waals surface area contributed by atoms with E-state index in [1.165, 1.54) is 0 Å². The van der Waals surface area contributed by atoms with Gasteiger partial charge >= 0.3 is 6.09 Å². The third-order valence-electron chi connectivity index (χ3n) is 5.61. The third-order valence-corrected chi connectivity index (χ3v) is 10.1. The van der Waals surface area contributed by atoms with Crippen LogP contribution in [0.25, 0.3) is 0 Å². The lowest BCUT2D eigenvalue weighted by Gasteiger charge is -2.38. The predicted molar refractivity (Wildman–Crippen MR) is 124 cm³/mol. The van der Waals surface area contributed by atoms with E-state index in [-0.39, 0.29) is 17.7 Å². The monoisotopic (exact) mass is 429 g/mol. The molecule has 0 saturated carbocycles. The van der Waals surface area contributed by atoms with Crippen molar-refractivity contribution in [3.05, 3.63) is 59.9 Å². The average molecular weight is 430 g/mol. The molecule has 30 heavy (non-hydrogen) atoms. The smallest absolute Gasteiger partial charge is 0.411 e. The Balaban J connectivity index is 2.02. The number of nitrogens with one attached hydrogen (secondary N) is 1. The Morgan fingerprint density at radius 2 is 1.83 bits per heavy atom. The second-order valence-electron chi connectivity index (χ2n) is 9.21. The van der Waals surface area contributed by atoms with Crippen molar-refractivity contribution in [2.45, 2.75) is 51.6 Å². The molecule has 0 radical (unpaired) electrons. The van der Waals surface area contributed by atoms with Gasteiger partial charge in [0, 0.05) is 11.9 Å². The minimum Gasteiger partial charge on any atom is -0.444 e. The highest BCUT2D eigenvalue weighted by molar-refractivity contribution is 6.74. The molecule has 0 aliphatic heterocycles. The summed E-state index contributed by atoms with van der Waals surface area (Å²) in [4.78, 5) is 18.8. The molecule has 1 atom stereocenters. The summed E-state index contributed by atoms with van der Waals surface area (Å²) in [6.45, 7) is 12.0. The van der Waals surface area contributed by atoms with E-state index in [0.717, 1.165) is 11.3 Å². The number of ether oxygens (including phenoxy) is 1. The van der Waals surface area contributed by atoms with Gasteiger partial charge in [0.25, 0.3) is 0 Å². The van der Waals surface area contributed by atoms with E-state index < -0.39 is 14.4 Å². The Labute approximate surface area is 181 Å². The van der Waals surface area contributed by atoms with Crippen molar-refractivity contribution in [3.63, 3.8) is 0 Å². The average Bonchev–Trinajstić information content (AvgIpc) is 2.66. The highest BCUT2D eigenvalue weighted by atomic mass is 28.4. The van der Waals surface area contributed by atoms with Crippen LogP contribution in [0.1, 0.15) is 38.1 Å². The summed E-state index contributed by atoms with van der Waals surface area (Å²) in [5, 5.41) is 2.93. The van der Waals surface area contributed by atoms with E-state index in [1.807, 2.05) is 50.5 Å². The number of likely N-dealkylation sites (N-methyl/N-ethyl adjacent to an activating group) is 1. The number of rotatable bonds is 8. The predicted octanol–water partition coefficient (Wildman–Crippen LogP) is 5.45. The first-order chi connectivity index (χ1) is 14.0. The van der Waals surface area contributed by atoms with Gasteiger partial charge < -0.3 is 9.16 Å². The Morgan fingerprint density at radius 1 is 1.17 bits per heavy atom. The van der Waals surface area contributed by atoms with Gasteiger partial charge in [-0.05, 0) is 49.9 Å². The first-order valence-corrected chi connectivity index (χ1v) is 13.1. The SMILES string of the molecule is CN(C)[C@@H](CO[Si](C)(C)C(C)(C)C)c1cc(NC(=O)OCc2ccccc2)ccn1. The molecular formula is C23H35N3O3Si. The minimum absolute atomic E-state index is 0.0128. The molecule has 1 aromatic carbocycles. The lowest BCUT2D eigenvalue weighted by molar-refractivity contribution is 0.155. The molecule has 0 aliphatic rings. The summed E-state index contributed by atoms with van der Waals surface area (Å²) in [7, 11) is 2.15. The third kappa shape index (κ3) is 6.93. The van der Waals surface area contributed by atoms with Gasteiger partial charge in [0.1, 0.15) is 6.61 Å². The van der Waals surface area contributed by atoms with Crippen LogP contribution in [0.3, 0.4) is 0 Å². The molecule has 0 fully saturated rings. The van der Waals surface area contributed by atoms with Crippen molar-refractivity contribution in [2.24, 2.45) is 0 Å². The summed E-state index contributed by atoms with van der Waals surface area (Å²) >= 11 is 0. The van der Waals surface area contributed by atoms with Gasteiger partial charge in [-0.15, -0.1) is 0 Å². The van der Waals surface area contributed by atoms with Crippen LogP contribution in [0, 0.1) is 0 Å². The van der Waals surface area contributed by atoms with Crippen molar-refractivity contribution in [3.8, 4) is 0 Å². The molecule has 0 saturated heterocycles. The maximum Gasteiger partial charge on any atom is 0.411 e. The molecule has 6 nitrogen and oxygen atoms in total. The van der Waals surface area contributed by atoms with Crippen LogP contribution in [0.4, 0.5) is 10.5 Å². The zero-order chi connectivity index (χ0) is 22.4. The highest BCUT2D eigenvalue weighted by Gasteiger charge is 2.38. The fourth-order valence-corrected chi connectivity index (χ4v) is 3.60. The molecule has 0 spiro atoms. The normalized spacial score (nSPS) is 13.2. The number of carbonyl (C=O) groups is 1. The maximum atomic E-state index is 12.2. The van der Waals surface area contributed by atoms with E-state index in [0.29, 0.717) is 12.3 Å². The second-order valence-corrected chi connectivity index (χ2v) is 14.0. The molecular weight excluding hydrogens is 394 g/mol. The van der Waals surface area contributed by atoms with Gasteiger partial charge in [0.15, 0.2) is 8.32 Å². The van der Waals surface area contributed by atoms with Gasteiger partial charge in [-0.1, -0.05) is 51.1 Å². The maximum absolute atomic E-state index is 12.2. The lowest BCUT2D eigenvalue weighted by Crippen LogP contribution is -2.43. The summed E-state index contributed by atoms with van der Waals surface area (Å²) in [6.07, 6.45) is 1.21. The number of pyridine rings is 1. The van der Waals surface area contributed by atoms with Crippen molar-refractivity contribution in [1.82, 2.24) is 9.88 Å². The molecule has 2 rings (SSSR count). The Morgan fingerprint density at radius 3 is 2.43 bits per heavy atom. The molecule has 164 valence electrons. The minimum atomic E-state index is -1.87. The summed E-state index contributed by atoms with van der Waals surface area (Å²) in [5.41, 5.74) is 2.44. The van der Waals surface area contributed by atoms with E-state index in [1.54, 1.807) is 12.3 Å². The van der Waals surface area contributed by atoms with Crippen LogP contribution in [0.15, 0.2) is 48.7 Å². The van der Waals surface area contributed by atoms with Crippen LogP contribution in [-0.2, 0) is 15.8 Å². The van der Waals surface area contributed by atoms with E-state index >= 15 is 0 Å². The summed E-state index contributed by atoms with van der Waals surface area (Å²) in [6, 6.07) is 13.2. The van der Waals surface area contributed by atoms with Crippen molar-refractivity contribution >= 4 is 20.1 Å². The van der Waals surface area contributed by atoms with Gasteiger partial charge in [-0.2, -0.15) is 0 Å². The van der Waals surface area contributed by atoms with Crippen LogP contribution in [-0.4, -0.2) is 45.0 Å². The first-order valence-electron chi connectivity index (χ1n) is 10.2. The van der Waals surface area contributed by atoms with Crippen molar-refractivity contribution in [1.29, 1.82) is 0 Å². The largest absolute Gasteiger partial charge is 0.444 e. The zero-order valence-corrected chi connectivity index (χ0v) is 20.2. The van der Waals surface area contributed by atoms with E-state index in [2.05, 4.69) is 49.1 Å². The fourth-order valence-electron chi connectivity index (χ4n) is 2.59. The Kier molecular flexibility index (Phi) is 8.17. The van der Waals surface area contributed by atoms with Crippen LogP contribution in [0.2, 0.25) is 18.1 Å². The molecule has 0 unspecified atom stereocenters. The second kappa shape index (κ2) is 10.2. The van der Waals surface area contributed by atoms with Crippen LogP contribution >= 0.6 is 0 Å². The van der Waals surface area contributed by atoms with Crippen molar-refractivity contribution < 1.29 is 14.0 Å².